The number of ketones is 7. The fourth-order valence-electron chi connectivity index (χ4n) is 39.2. The Bertz CT molecular complexity index is 6510. The first-order valence-electron chi connectivity index (χ1n) is 56.2. The molecular weight excluding hydrogens is 1890 g/mol. The number of aliphatic hydroxyl groups is 10. The maximum Gasteiger partial charge on any atom is 0.190 e. The largest absolute Gasteiger partial charge is 0.393 e. The average molecular weight is 2050 g/mol. The van der Waals surface area contributed by atoms with Crippen molar-refractivity contribution in [2.24, 2.45) is 192 Å². The Morgan fingerprint density at radius 2 is 0.787 bits per heavy atom. The zero-order valence-electron chi connectivity index (χ0n) is 92.0. The lowest BCUT2D eigenvalue weighted by Gasteiger charge is -2.61. The van der Waals surface area contributed by atoms with Gasteiger partial charge >= 0.3 is 0 Å². The van der Waals surface area contributed by atoms with E-state index in [4.69, 9.17) is 0 Å². The third-order valence-corrected chi connectivity index (χ3v) is 46.3. The number of rotatable bonds is 13. The smallest absolute Gasteiger partial charge is 0.190 e. The van der Waals surface area contributed by atoms with Gasteiger partial charge in [-0.3, -0.25) is 57.6 Å². The summed E-state index contributed by atoms with van der Waals surface area (Å²) in [4.78, 5) is 99.7. The number of allylic oxidation sites excluding steroid dienone is 14. The summed E-state index contributed by atoms with van der Waals surface area (Å²) in [5, 5.41) is 125. The number of fused-ring (bicyclic) bond motifs is 28. The van der Waals surface area contributed by atoms with Gasteiger partial charge in [-0.25, -0.2) is 0 Å². The van der Waals surface area contributed by atoms with Gasteiger partial charge in [0.1, 0.15) is 52.8 Å². The van der Waals surface area contributed by atoms with E-state index in [9.17, 15) is 84.6 Å². The highest BCUT2D eigenvalue weighted by Gasteiger charge is 2.76. The van der Waals surface area contributed by atoms with Crippen LogP contribution in [-0.2, 0) is 74.0 Å². The molecule has 23 rings (SSSR count). The van der Waals surface area contributed by atoms with Crippen LogP contribution in [0, 0.1) is 161 Å². The monoisotopic (exact) mass is 2050 g/mol. The molecule has 0 amide bonds. The van der Waals surface area contributed by atoms with E-state index >= 15 is 0 Å². The third kappa shape index (κ3) is 15.7. The van der Waals surface area contributed by atoms with Crippen LogP contribution < -0.4 is 0 Å². The van der Waals surface area contributed by atoms with Crippen LogP contribution in [0.25, 0.3) is 18.2 Å². The first kappa shape index (κ1) is 109. The van der Waals surface area contributed by atoms with Gasteiger partial charge in [-0.2, -0.15) is 15.3 Å². The Labute approximate surface area is 886 Å². The van der Waals surface area contributed by atoms with E-state index in [0.29, 0.717) is 69.1 Å². The molecule has 0 aliphatic heterocycles. The number of nitrogens with zero attached hydrogens (tertiary/aromatic N) is 8. The first-order valence-corrected chi connectivity index (χ1v) is 56.2. The molecule has 20 aliphatic rings. The number of aryl methyl sites for hydroxylation is 3. The predicted molar refractivity (Wildman–Crippen MR) is 575 cm³/mol. The summed E-state index contributed by atoms with van der Waals surface area (Å²) in [6.07, 6.45) is 46.3. The second kappa shape index (κ2) is 38.2. The van der Waals surface area contributed by atoms with Crippen molar-refractivity contribution in [1.29, 1.82) is 0 Å². The molecule has 25 nitrogen and oxygen atoms in total. The van der Waals surface area contributed by atoms with Gasteiger partial charge in [-0.15, -0.1) is 17.2 Å². The Hall–Kier alpha value is -9.00. The van der Waals surface area contributed by atoms with Gasteiger partial charge in [0.2, 0.25) is 0 Å². The summed E-state index contributed by atoms with van der Waals surface area (Å²) in [7, 11) is 9.51. The van der Waals surface area contributed by atoms with Crippen molar-refractivity contribution in [1.82, 2.24) is 29.3 Å². The highest BCUT2D eigenvalue weighted by molar-refractivity contribution is 6.07. The molecule has 0 saturated heterocycles. The Balaban J connectivity index is 0.000000118. The highest BCUT2D eigenvalue weighted by atomic mass is 16.3. The quantitative estimate of drug-likeness (QED) is 0.0711. The van der Waals surface area contributed by atoms with Crippen molar-refractivity contribution in [3.05, 3.63) is 172 Å². The molecule has 0 bridgehead atoms. The first-order chi connectivity index (χ1) is 70.6. The number of aliphatic hydroxyl groups excluding tert-OH is 5. The Morgan fingerprint density at radius 1 is 0.427 bits per heavy atom. The second-order valence-electron chi connectivity index (χ2n) is 52.8. The summed E-state index contributed by atoms with van der Waals surface area (Å²) in [6.45, 7) is 37.4. The van der Waals surface area contributed by atoms with Crippen molar-refractivity contribution in [2.45, 2.75) is 316 Å². The summed E-state index contributed by atoms with van der Waals surface area (Å²) < 4.78 is 5.75. The van der Waals surface area contributed by atoms with Crippen LogP contribution in [0.3, 0.4) is 0 Å². The summed E-state index contributed by atoms with van der Waals surface area (Å²) in [5.74, 6) is 2.18. The third-order valence-electron chi connectivity index (χ3n) is 46.3. The zero-order chi connectivity index (χ0) is 108. The van der Waals surface area contributed by atoms with Crippen molar-refractivity contribution in [3.8, 4) is 0 Å². The number of aliphatic imine (C=N–C) groups is 2. The highest BCUT2D eigenvalue weighted by Crippen LogP contribution is 2.75. The van der Waals surface area contributed by atoms with Gasteiger partial charge in [0.15, 0.2) is 28.9 Å². The molecule has 15 fully saturated rings. The number of hydrogen-bond acceptors (Lipinski definition) is 22. The topological polar surface area (TPSA) is 400 Å². The minimum atomic E-state index is -1.59. The molecule has 0 aromatic carbocycles. The minimum Gasteiger partial charge on any atom is -0.393 e. The number of Topliss-reactive ketones (excluding diaryl/α,β-unsaturated/α-hetero) is 7. The van der Waals surface area contributed by atoms with E-state index in [1.165, 1.54) is 50.2 Å². The molecule has 10 N–H and O–H groups in total. The number of carbonyl (C=O) groups is 7. The molecule has 25 heteroatoms. The maximum absolute atomic E-state index is 13.6. The average Bonchev–Trinajstić information content (AvgIpc) is 1.48. The van der Waals surface area contributed by atoms with Crippen LogP contribution in [0.5, 0.6) is 0 Å². The van der Waals surface area contributed by atoms with Crippen LogP contribution in [-0.4, -0.2) is 206 Å². The molecule has 0 radical (unpaired) electrons. The van der Waals surface area contributed by atoms with Crippen molar-refractivity contribution in [2.75, 3.05) is 27.3 Å². The number of carbonyl (C=O) groups excluding carboxylic acids is 7. The maximum atomic E-state index is 13.6. The van der Waals surface area contributed by atoms with Crippen LogP contribution in [0.2, 0.25) is 0 Å². The van der Waals surface area contributed by atoms with E-state index in [2.05, 4.69) is 186 Å². The van der Waals surface area contributed by atoms with Gasteiger partial charge in [0, 0.05) is 135 Å². The lowest BCUT2D eigenvalue weighted by atomic mass is 9.44. The normalized spacial score (nSPS) is 45.5. The van der Waals surface area contributed by atoms with E-state index in [0.717, 1.165) is 119 Å². The predicted octanol–water partition coefficient (Wildman–Crippen LogP) is 16.1. The lowest BCUT2D eigenvalue weighted by Crippen LogP contribution is -2.62. The lowest BCUT2D eigenvalue weighted by molar-refractivity contribution is -0.181. The van der Waals surface area contributed by atoms with Gasteiger partial charge in [-0.1, -0.05) is 150 Å². The Kier molecular flexibility index (Phi) is 27.9. The molecule has 150 heavy (non-hydrogen) atoms. The molecule has 808 valence electrons. The van der Waals surface area contributed by atoms with Crippen molar-refractivity contribution < 1.29 is 84.6 Å². The molecule has 36 atom stereocenters. The molecule has 3 heterocycles. The fraction of sp³-hybridized carbons (Fsp3) is 0.672. The summed E-state index contributed by atoms with van der Waals surface area (Å²) >= 11 is 0. The Morgan fingerprint density at radius 3 is 1.22 bits per heavy atom. The molecule has 3 aromatic heterocycles. The SMILES string of the molecule is C=C=CCC(=O)[C@@]1(O)CC[C@H]2[C@@H]3C[C@H](C)C4=CC(=NC)C=C[C@]4(C)[C@H]3[C@@H](O)C[C@@]21C.C=C=CCC(=O)[C@@]1(O)CC[C@H]2[C@@H]3C[C@H](C)C4=Cc5c(cnn5C)C[C@]4(C)[C@H]3[C@@H](O)C[C@@]21C.C=C=CCC(=O)[C@@]1(O)CC[C@H]2[C@@H]3C[C@H](C)C4=Cc5nn(C)cc5C[C@]4(C)[C@H]3[C@@H](O)C[C@@]21C.CN=C1C=C[C@@]2(C)C(=C1)CC[C@@H]1[C@@H]2C(=O)C[C@@]2(C)[C@H]1CC[C@]2(O)C(=O)CO.Cn1ncc2c1C=C1CC[C@@H]3[C@H](C(=O)C[C@@]4(C)[C@H]3CC[C@]4(O)C(=O)CO)[C@@]1(C)C2. The molecule has 0 unspecified atom stereocenters. The molecule has 3 aromatic rings. The molecular formula is C125H166N8O17. The second-order valence-corrected chi connectivity index (χ2v) is 52.8. The van der Waals surface area contributed by atoms with E-state index < -0.39 is 98.2 Å². The standard InChI is InChI=1S/2C27H36N2O3.C26H35NO3.C23H30N2O4.C22H29NO4/c1-6-7-8-23(31)27(32)10-9-19-18-11-16(2)20-12-21-17(15-29(5)28-21)13-25(20,3)24(18)22(30)14-26(19,27)4;1-6-7-8-23(31)27(32)10-9-19-18-11-16(2)20-12-21-17(15-28-29(21)5)13-25(20,3)24(18)22(30)14-26(19,27)4;1-6-7-8-22(29)26(30)12-10-19-18-13-16(2)20-14-17(27-5)9-11-24(20,3)23(18)21(28)15-25(19,26)4;1-21-9-13-11-24-25(3)17(13)8-14(21)4-5-15-16-6-7-23(29,19(28)12-26)22(16,2)10-18(27)20(15)21;1-20-8-6-14(23-3)10-13(20)4-5-15-16-7-9-22(27,18(26)12-24)21(16,2)11-17(25)19(15)20/h2*7,12,15-16,18-19,22,24,30,32H,1,8-11,13-14H2,2-5H3;7,9,11,14,16,18-19,21,23,28,30H,1,8,10,12-13,15H2,2-5H3;8,11,15-16,20,26,29H,4-7,9-10,12H2,1-3H3;6,8,10,15-16,19,24,27H,4-5,7,9,11-12H2,1-3H3/t2*16-,18-,19-,22-,24+,25-,26-,27-;16-,18-,19-,21-,23+,24-,25-,26-;15-,16-,20+,21-,22-,23-;15-,16-,19+,20-,21-,22-/m00000/s1. The summed E-state index contributed by atoms with van der Waals surface area (Å²) in [5.41, 5.74) is 12.1. The van der Waals surface area contributed by atoms with Gasteiger partial charge < -0.3 is 51.1 Å². The zero-order valence-corrected chi connectivity index (χ0v) is 92.0. The molecule has 20 aliphatic carbocycles. The van der Waals surface area contributed by atoms with Gasteiger partial charge in [0.05, 0.1) is 59.2 Å². The molecule has 15 saturated carbocycles. The van der Waals surface area contributed by atoms with Crippen LogP contribution in [0.1, 0.15) is 284 Å². The van der Waals surface area contributed by atoms with E-state index in [1.807, 2.05) is 81.5 Å². The minimum absolute atomic E-state index is 0.0829. The van der Waals surface area contributed by atoms with Crippen LogP contribution in [0.4, 0.5) is 0 Å². The van der Waals surface area contributed by atoms with E-state index in [1.54, 1.807) is 25.3 Å². The number of hydrogen-bond donors (Lipinski definition) is 10. The van der Waals surface area contributed by atoms with Crippen molar-refractivity contribution >= 4 is 70.1 Å². The van der Waals surface area contributed by atoms with Crippen molar-refractivity contribution in [3.63, 3.8) is 0 Å². The fourth-order valence-corrected chi connectivity index (χ4v) is 39.2. The summed E-state index contributed by atoms with van der Waals surface area (Å²) in [6, 6.07) is 0. The van der Waals surface area contributed by atoms with Crippen LogP contribution >= 0.6 is 0 Å². The van der Waals surface area contributed by atoms with Crippen LogP contribution in [0.15, 0.2) is 148 Å². The van der Waals surface area contributed by atoms with E-state index in [-0.39, 0.29) is 177 Å². The number of aromatic nitrogens is 6. The van der Waals surface area contributed by atoms with Gasteiger partial charge in [-0.05, 0) is 325 Å². The molecule has 0 spiro atoms. The van der Waals surface area contributed by atoms with Gasteiger partial charge in [0.25, 0.3) is 0 Å².